The third kappa shape index (κ3) is 3.36. The Balaban J connectivity index is 2.06. The molecule has 1 N–H and O–H groups in total. The molecule has 0 heterocycles. The van der Waals surface area contributed by atoms with Crippen LogP contribution in [-0.2, 0) is 6.54 Å². The lowest BCUT2D eigenvalue weighted by Gasteiger charge is -2.18. The number of halogens is 1. The Hall–Kier alpha value is -1.87. The highest BCUT2D eigenvalue weighted by Crippen LogP contribution is 2.24. The quantitative estimate of drug-likeness (QED) is 0.889. The van der Waals surface area contributed by atoms with Crippen LogP contribution in [0.1, 0.15) is 29.7 Å². The minimum atomic E-state index is -0.191. The summed E-state index contributed by atoms with van der Waals surface area (Å²) in [5.41, 5.74) is 3.19. The van der Waals surface area contributed by atoms with Gasteiger partial charge in [-0.2, -0.15) is 0 Å². The van der Waals surface area contributed by atoms with E-state index < -0.39 is 0 Å². The molecule has 2 aromatic rings. The van der Waals surface area contributed by atoms with Gasteiger partial charge >= 0.3 is 0 Å². The Kier molecular flexibility index (Phi) is 4.74. The van der Waals surface area contributed by atoms with Gasteiger partial charge in [-0.3, -0.25) is 0 Å². The first-order chi connectivity index (χ1) is 9.61. The maximum Gasteiger partial charge on any atom is 0.123 e. The second kappa shape index (κ2) is 6.53. The molecule has 0 aromatic heterocycles. The monoisotopic (exact) mass is 273 g/mol. The molecule has 0 bridgehead atoms. The first-order valence-corrected chi connectivity index (χ1v) is 6.73. The molecule has 20 heavy (non-hydrogen) atoms. The first-order valence-electron chi connectivity index (χ1n) is 6.73. The number of methoxy groups -OCH3 is 1. The predicted octanol–water partition coefficient (Wildman–Crippen LogP) is 3.99. The van der Waals surface area contributed by atoms with Crippen molar-refractivity contribution in [2.75, 3.05) is 7.11 Å². The van der Waals surface area contributed by atoms with Crippen molar-refractivity contribution in [2.24, 2.45) is 0 Å². The minimum absolute atomic E-state index is 0.163. The standard InChI is InChI=1S/C17H20FNO/c1-12-10-15(18)9-8-14(12)11-19-13(2)16-6-4-5-7-17(16)20-3/h4-10,13,19H,11H2,1-3H3. The minimum Gasteiger partial charge on any atom is -0.496 e. The number of para-hydroxylation sites is 1. The Morgan fingerprint density at radius 3 is 2.65 bits per heavy atom. The number of hydrogen-bond acceptors (Lipinski definition) is 2. The third-order valence-electron chi connectivity index (χ3n) is 3.51. The van der Waals surface area contributed by atoms with Crippen molar-refractivity contribution < 1.29 is 9.13 Å². The average molecular weight is 273 g/mol. The molecule has 2 nitrogen and oxygen atoms in total. The summed E-state index contributed by atoms with van der Waals surface area (Å²) in [6.45, 7) is 4.72. The number of rotatable bonds is 5. The van der Waals surface area contributed by atoms with Crippen molar-refractivity contribution in [1.82, 2.24) is 5.32 Å². The van der Waals surface area contributed by atoms with Crippen molar-refractivity contribution in [3.8, 4) is 5.75 Å². The highest BCUT2D eigenvalue weighted by Gasteiger charge is 2.10. The molecule has 0 amide bonds. The molecule has 0 radical (unpaired) electrons. The third-order valence-corrected chi connectivity index (χ3v) is 3.51. The molecule has 2 rings (SSSR count). The fraction of sp³-hybridized carbons (Fsp3) is 0.294. The zero-order chi connectivity index (χ0) is 14.5. The van der Waals surface area contributed by atoms with Crippen LogP contribution in [-0.4, -0.2) is 7.11 Å². The van der Waals surface area contributed by atoms with Crippen LogP contribution in [0, 0.1) is 12.7 Å². The van der Waals surface area contributed by atoms with E-state index >= 15 is 0 Å². The van der Waals surface area contributed by atoms with Gasteiger partial charge < -0.3 is 10.1 Å². The molecular formula is C17H20FNO. The maximum absolute atomic E-state index is 13.1. The number of benzene rings is 2. The van der Waals surface area contributed by atoms with Gasteiger partial charge in [0.25, 0.3) is 0 Å². The summed E-state index contributed by atoms with van der Waals surface area (Å²) in [6, 6.07) is 13.0. The van der Waals surface area contributed by atoms with Crippen LogP contribution >= 0.6 is 0 Å². The number of hydrogen-bond donors (Lipinski definition) is 1. The molecule has 0 aliphatic carbocycles. The molecule has 0 saturated heterocycles. The van der Waals surface area contributed by atoms with Crippen molar-refractivity contribution in [2.45, 2.75) is 26.4 Å². The van der Waals surface area contributed by atoms with Gasteiger partial charge in [0.2, 0.25) is 0 Å². The molecule has 1 unspecified atom stereocenters. The van der Waals surface area contributed by atoms with E-state index in [1.807, 2.05) is 37.3 Å². The van der Waals surface area contributed by atoms with Crippen LogP contribution in [0.2, 0.25) is 0 Å². The number of ether oxygens (including phenoxy) is 1. The Bertz CT molecular complexity index is 583. The van der Waals surface area contributed by atoms with Crippen molar-refractivity contribution >= 4 is 0 Å². The summed E-state index contributed by atoms with van der Waals surface area (Å²) in [4.78, 5) is 0. The van der Waals surface area contributed by atoms with E-state index in [-0.39, 0.29) is 11.9 Å². The van der Waals surface area contributed by atoms with E-state index in [0.29, 0.717) is 6.54 Å². The van der Waals surface area contributed by atoms with Crippen LogP contribution in [0.15, 0.2) is 42.5 Å². The second-order valence-electron chi connectivity index (χ2n) is 4.92. The molecule has 106 valence electrons. The van der Waals surface area contributed by atoms with E-state index in [4.69, 9.17) is 4.74 Å². The van der Waals surface area contributed by atoms with Gasteiger partial charge in [-0.05, 0) is 43.2 Å². The van der Waals surface area contributed by atoms with E-state index in [9.17, 15) is 4.39 Å². The van der Waals surface area contributed by atoms with Crippen molar-refractivity contribution in [1.29, 1.82) is 0 Å². The molecule has 0 saturated carbocycles. The van der Waals surface area contributed by atoms with Gasteiger partial charge in [0.15, 0.2) is 0 Å². The Labute approximate surface area is 119 Å². The summed E-state index contributed by atoms with van der Waals surface area (Å²) in [5.74, 6) is 0.687. The molecule has 3 heteroatoms. The van der Waals surface area contributed by atoms with E-state index in [1.54, 1.807) is 13.2 Å². The van der Waals surface area contributed by atoms with Gasteiger partial charge in [-0.15, -0.1) is 0 Å². The first kappa shape index (κ1) is 14.5. The molecule has 1 atom stereocenters. The highest BCUT2D eigenvalue weighted by molar-refractivity contribution is 5.35. The lowest BCUT2D eigenvalue weighted by atomic mass is 10.1. The van der Waals surface area contributed by atoms with Gasteiger partial charge in [0, 0.05) is 18.2 Å². The van der Waals surface area contributed by atoms with Crippen LogP contribution in [0.3, 0.4) is 0 Å². The van der Waals surface area contributed by atoms with Gasteiger partial charge in [-0.1, -0.05) is 24.3 Å². The number of aryl methyl sites for hydroxylation is 1. The SMILES string of the molecule is COc1ccccc1C(C)NCc1ccc(F)cc1C. The fourth-order valence-corrected chi connectivity index (χ4v) is 2.25. The van der Waals surface area contributed by atoms with Crippen LogP contribution in [0.4, 0.5) is 4.39 Å². The molecule has 2 aromatic carbocycles. The number of nitrogens with one attached hydrogen (secondary N) is 1. The zero-order valence-corrected chi connectivity index (χ0v) is 12.1. The van der Waals surface area contributed by atoms with Crippen molar-refractivity contribution in [3.05, 3.63) is 65.0 Å². The van der Waals surface area contributed by atoms with E-state index in [1.165, 1.54) is 6.07 Å². The van der Waals surface area contributed by atoms with Gasteiger partial charge in [0.1, 0.15) is 11.6 Å². The molecule has 0 spiro atoms. The Morgan fingerprint density at radius 1 is 1.20 bits per heavy atom. The molecule has 0 fully saturated rings. The lowest BCUT2D eigenvalue weighted by molar-refractivity contribution is 0.401. The normalized spacial score (nSPS) is 12.2. The second-order valence-corrected chi connectivity index (χ2v) is 4.92. The summed E-state index contributed by atoms with van der Waals surface area (Å²) in [7, 11) is 1.68. The molecule has 0 aliphatic rings. The lowest BCUT2D eigenvalue weighted by Crippen LogP contribution is -2.19. The molecular weight excluding hydrogens is 253 g/mol. The Morgan fingerprint density at radius 2 is 1.95 bits per heavy atom. The zero-order valence-electron chi connectivity index (χ0n) is 12.1. The summed E-state index contributed by atoms with van der Waals surface area (Å²) >= 11 is 0. The summed E-state index contributed by atoms with van der Waals surface area (Å²) in [6.07, 6.45) is 0. The average Bonchev–Trinajstić information content (AvgIpc) is 2.46. The van der Waals surface area contributed by atoms with Gasteiger partial charge in [0.05, 0.1) is 7.11 Å². The van der Waals surface area contributed by atoms with Crippen LogP contribution < -0.4 is 10.1 Å². The van der Waals surface area contributed by atoms with Crippen molar-refractivity contribution in [3.63, 3.8) is 0 Å². The largest absolute Gasteiger partial charge is 0.496 e. The predicted molar refractivity (Wildman–Crippen MR) is 79.4 cm³/mol. The van der Waals surface area contributed by atoms with Crippen LogP contribution in [0.5, 0.6) is 5.75 Å². The maximum atomic E-state index is 13.1. The van der Waals surface area contributed by atoms with Crippen LogP contribution in [0.25, 0.3) is 0 Å². The van der Waals surface area contributed by atoms with Gasteiger partial charge in [-0.25, -0.2) is 4.39 Å². The smallest absolute Gasteiger partial charge is 0.123 e. The van der Waals surface area contributed by atoms with E-state index in [2.05, 4.69) is 12.2 Å². The molecule has 0 aliphatic heterocycles. The summed E-state index contributed by atoms with van der Waals surface area (Å²) in [5, 5.41) is 3.45. The topological polar surface area (TPSA) is 21.3 Å². The van der Waals surface area contributed by atoms with E-state index in [0.717, 1.165) is 22.4 Å². The summed E-state index contributed by atoms with van der Waals surface area (Å²) < 4.78 is 18.4. The fourth-order valence-electron chi connectivity index (χ4n) is 2.25. The highest BCUT2D eigenvalue weighted by atomic mass is 19.1.